The zero-order chi connectivity index (χ0) is 40.6. The summed E-state index contributed by atoms with van der Waals surface area (Å²) >= 11 is 0. The van der Waals surface area contributed by atoms with E-state index in [4.69, 9.17) is 4.55 Å². The number of hydrogen-bond donors (Lipinski definition) is 1. The molecule has 0 aromatic rings. The largest absolute Gasteiger partial charge is 0.384 e. The molecule has 0 aromatic carbocycles. The molecule has 0 saturated heterocycles. The molecule has 32 heteroatoms. The van der Waals surface area contributed by atoms with E-state index in [2.05, 4.69) is 19.6 Å². The second-order valence-electron chi connectivity index (χ2n) is 9.26. The molecule has 0 radical (unpaired) electrons. The summed E-state index contributed by atoms with van der Waals surface area (Å²) in [4.78, 5) is 13.4. The van der Waals surface area contributed by atoms with E-state index in [0.717, 1.165) is 0 Å². The first-order chi connectivity index (χ1) is 21.7. The lowest BCUT2D eigenvalue weighted by Crippen LogP contribution is -2.69. The van der Waals surface area contributed by atoms with Crippen molar-refractivity contribution in [3.05, 3.63) is 0 Å². The highest BCUT2D eigenvalue weighted by molar-refractivity contribution is 7.86. The Morgan fingerprint density at radius 2 is 0.760 bits per heavy atom. The van der Waals surface area contributed by atoms with Crippen LogP contribution in [0.5, 0.6) is 0 Å². The predicted octanol–water partition coefficient (Wildman–Crippen LogP) is 7.41. The zero-order valence-corrected chi connectivity index (χ0v) is 23.5. The maximum atomic E-state index is 13.6. The van der Waals surface area contributed by atoms with Crippen LogP contribution in [-0.4, -0.2) is 117 Å². The first kappa shape index (κ1) is 48.1. The van der Waals surface area contributed by atoms with Crippen molar-refractivity contribution >= 4 is 10.1 Å². The first-order valence-corrected chi connectivity index (χ1v) is 13.0. The summed E-state index contributed by atoms with van der Waals surface area (Å²) in [6, 6.07) is 0. The number of rotatable bonds is 22. The van der Waals surface area contributed by atoms with E-state index >= 15 is 0 Å². The minimum absolute atomic E-state index is 1.60. The Bertz CT molecular complexity index is 1220. The Morgan fingerprint density at radius 1 is 0.460 bits per heavy atom. The summed E-state index contributed by atoms with van der Waals surface area (Å²) in [5.74, 6) is -75.3. The second-order valence-corrected chi connectivity index (χ2v) is 11.0. The lowest BCUT2D eigenvalue weighted by Gasteiger charge is -2.38. The van der Waals surface area contributed by atoms with Gasteiger partial charge in [0.1, 0.15) is 11.9 Å². The van der Waals surface area contributed by atoms with E-state index in [0.29, 0.717) is 0 Å². The molecule has 1 unspecified atom stereocenters. The molecule has 0 aliphatic carbocycles. The summed E-state index contributed by atoms with van der Waals surface area (Å²) in [6.45, 7) is -10.6. The van der Waals surface area contributed by atoms with E-state index in [1.807, 2.05) is 0 Å². The van der Waals surface area contributed by atoms with Gasteiger partial charge in [-0.2, -0.15) is 96.2 Å². The number of alkyl halides is 24. The summed E-state index contributed by atoms with van der Waals surface area (Å²) in [5, 5.41) is -2.81. The van der Waals surface area contributed by atoms with Crippen LogP contribution in [0, 0.1) is 0 Å². The summed E-state index contributed by atoms with van der Waals surface area (Å²) in [5.41, 5.74) is 0. The third-order valence-electron chi connectivity index (χ3n) is 5.73. The highest BCUT2D eigenvalue weighted by Crippen LogP contribution is 2.59. The molecular weight excluding hydrogens is 816 g/mol. The van der Waals surface area contributed by atoms with Crippen molar-refractivity contribution in [2.45, 2.75) is 83.7 Å². The van der Waals surface area contributed by atoms with Gasteiger partial charge >= 0.3 is 72.1 Å². The normalized spacial score (nSPS) is 16.5. The lowest BCUT2D eigenvalue weighted by molar-refractivity contribution is -0.428. The van der Waals surface area contributed by atoms with Gasteiger partial charge in [0, 0.05) is 0 Å². The molecule has 0 saturated carbocycles. The molecule has 302 valence electrons. The minimum Gasteiger partial charge on any atom is -0.285 e. The van der Waals surface area contributed by atoms with Gasteiger partial charge in [-0.25, -0.2) is 37.1 Å². The highest BCUT2D eigenvalue weighted by atomic mass is 32.2. The molecule has 7 nitrogen and oxygen atoms in total. The van der Waals surface area contributed by atoms with E-state index < -0.39 is 120 Å². The summed E-state index contributed by atoms with van der Waals surface area (Å²) in [7, 11) is -5.70. The van der Waals surface area contributed by atoms with Gasteiger partial charge in [0.25, 0.3) is 10.1 Å². The van der Waals surface area contributed by atoms with Crippen LogP contribution in [0.15, 0.2) is 0 Å². The minimum atomic E-state index is -8.00. The fourth-order valence-corrected chi connectivity index (χ4v) is 3.26. The van der Waals surface area contributed by atoms with Gasteiger partial charge in [0.15, 0.2) is 13.2 Å². The number of hydrogen-bond acceptors (Lipinski definition) is 6. The van der Waals surface area contributed by atoms with Crippen LogP contribution < -0.4 is 0 Å². The molecule has 0 amide bonds. The van der Waals surface area contributed by atoms with Crippen LogP contribution in [-0.2, 0) is 29.7 Å². The molecule has 1 atom stereocenters. The van der Waals surface area contributed by atoms with Crippen molar-refractivity contribution in [3.8, 4) is 0 Å². The van der Waals surface area contributed by atoms with Crippen molar-refractivity contribution in [3.63, 3.8) is 0 Å². The standard InChI is InChI=1S/C18H14F24O7S/c19-7(20)11(27,28)15(35,36)17(39,40)13(31,32)9(23,24)4-48-46-2-1-6(50(43,44)45)3-47-49-5-10(25,26)14(33,34)18(41,42)16(37,38)12(29,30)8(21)22/h6-8H,1-5H2,(H,43,44,45). The van der Waals surface area contributed by atoms with Crippen LogP contribution in [0.25, 0.3) is 0 Å². The Morgan fingerprint density at radius 3 is 1.04 bits per heavy atom. The zero-order valence-electron chi connectivity index (χ0n) is 22.6. The highest BCUT2D eigenvalue weighted by Gasteiger charge is 2.89. The molecule has 1 N–H and O–H groups in total. The molecule has 0 bridgehead atoms. The lowest BCUT2D eigenvalue weighted by atomic mass is 9.95. The molecule has 0 aliphatic heterocycles. The molecule has 0 spiro atoms. The van der Waals surface area contributed by atoms with Gasteiger partial charge in [-0.15, -0.1) is 0 Å². The van der Waals surface area contributed by atoms with Gasteiger partial charge in [0.05, 0.1) is 6.61 Å². The van der Waals surface area contributed by atoms with Gasteiger partial charge < -0.3 is 0 Å². The molecule has 0 aromatic heterocycles. The van der Waals surface area contributed by atoms with E-state index in [-0.39, 0.29) is 0 Å². The molecule has 0 rings (SSSR count). The Kier molecular flexibility index (Phi) is 14.3. The van der Waals surface area contributed by atoms with E-state index in [9.17, 15) is 114 Å². The van der Waals surface area contributed by atoms with Gasteiger partial charge in [-0.1, -0.05) is 0 Å². The second kappa shape index (κ2) is 14.8. The summed E-state index contributed by atoms with van der Waals surface area (Å²) < 4.78 is 345. The maximum Gasteiger partial charge on any atom is 0.384 e. The predicted molar refractivity (Wildman–Crippen MR) is 105 cm³/mol. The fraction of sp³-hybridized carbons (Fsp3) is 1.00. The monoisotopic (exact) mass is 830 g/mol. The third kappa shape index (κ3) is 8.48. The topological polar surface area (TPSA) is 91.3 Å². The van der Waals surface area contributed by atoms with E-state index in [1.165, 1.54) is 0 Å². The average Bonchev–Trinajstić information content (AvgIpc) is 2.91. The third-order valence-corrected chi connectivity index (χ3v) is 6.94. The van der Waals surface area contributed by atoms with Crippen molar-refractivity contribution in [1.29, 1.82) is 0 Å². The van der Waals surface area contributed by atoms with Crippen molar-refractivity contribution in [2.24, 2.45) is 0 Å². The van der Waals surface area contributed by atoms with Gasteiger partial charge in [0.2, 0.25) is 0 Å². The fourth-order valence-electron chi connectivity index (χ4n) is 2.64. The molecule has 0 aliphatic rings. The van der Waals surface area contributed by atoms with Crippen LogP contribution in [0.2, 0.25) is 0 Å². The van der Waals surface area contributed by atoms with Crippen LogP contribution in [0.4, 0.5) is 105 Å². The molecule has 0 heterocycles. The van der Waals surface area contributed by atoms with Crippen molar-refractivity contribution < 1.29 is 138 Å². The molecular formula is C18H14F24O7S. The van der Waals surface area contributed by atoms with Crippen molar-refractivity contribution in [2.75, 3.05) is 26.4 Å². The SMILES string of the molecule is O=S(=O)(O)C(CCOOCC(F)(F)C(F)(F)C(F)(F)C(F)(F)C(F)(F)C(F)F)COOCC(F)(F)C(F)(F)C(F)(F)C(F)(F)C(F)(F)C(F)F. The molecule has 50 heavy (non-hydrogen) atoms. The smallest absolute Gasteiger partial charge is 0.285 e. The van der Waals surface area contributed by atoms with Crippen LogP contribution in [0.1, 0.15) is 6.42 Å². The quantitative estimate of drug-likeness (QED) is 0.0400. The average molecular weight is 830 g/mol. The Labute approximate surface area is 259 Å². The summed E-state index contributed by atoms with van der Waals surface area (Å²) in [6.07, 6.45) is -13.2. The van der Waals surface area contributed by atoms with Crippen LogP contribution >= 0.6 is 0 Å². The van der Waals surface area contributed by atoms with E-state index in [1.54, 1.807) is 0 Å². The Hall–Kier alpha value is -1.93. The van der Waals surface area contributed by atoms with Crippen LogP contribution in [0.3, 0.4) is 0 Å². The first-order valence-electron chi connectivity index (χ1n) is 11.5. The van der Waals surface area contributed by atoms with Crippen molar-refractivity contribution in [1.82, 2.24) is 0 Å². The molecule has 0 fully saturated rings. The number of halogens is 24. The van der Waals surface area contributed by atoms with Gasteiger partial charge in [-0.05, 0) is 6.42 Å². The Balaban J connectivity index is 5.49. The maximum absolute atomic E-state index is 13.6. The van der Waals surface area contributed by atoms with Gasteiger partial charge in [-0.3, -0.25) is 4.55 Å².